The van der Waals surface area contributed by atoms with Crippen molar-refractivity contribution < 1.29 is 4.79 Å². The first-order valence-electron chi connectivity index (χ1n) is 8.80. The van der Waals surface area contributed by atoms with E-state index in [-0.39, 0.29) is 11.3 Å². The lowest BCUT2D eigenvalue weighted by Crippen LogP contribution is -2.51. The van der Waals surface area contributed by atoms with Gasteiger partial charge in [0.05, 0.1) is 5.41 Å². The predicted octanol–water partition coefficient (Wildman–Crippen LogP) is 2.21. The number of anilines is 1. The van der Waals surface area contributed by atoms with Crippen LogP contribution in [0.15, 0.2) is 0 Å². The SMILES string of the molecule is O=C(Nc1n[nH]c2c1CNCC2)C12CC3CC(CC(C3)C1)C2. The van der Waals surface area contributed by atoms with E-state index < -0.39 is 0 Å². The first kappa shape index (κ1) is 13.1. The second-order valence-electron chi connectivity index (χ2n) is 8.11. The predicted molar refractivity (Wildman–Crippen MR) is 83.2 cm³/mol. The zero-order valence-corrected chi connectivity index (χ0v) is 13.0. The number of amides is 1. The van der Waals surface area contributed by atoms with E-state index in [9.17, 15) is 4.79 Å². The van der Waals surface area contributed by atoms with E-state index >= 15 is 0 Å². The summed E-state index contributed by atoms with van der Waals surface area (Å²) in [7, 11) is 0. The Kier molecular flexibility index (Phi) is 2.72. The zero-order valence-electron chi connectivity index (χ0n) is 13.0. The normalized spacial score (nSPS) is 38.8. The molecule has 5 aliphatic rings. The van der Waals surface area contributed by atoms with Crippen LogP contribution in [0.1, 0.15) is 49.8 Å². The Bertz CT molecular complexity index is 585. The summed E-state index contributed by atoms with van der Waals surface area (Å²) in [5.41, 5.74) is 2.24. The Morgan fingerprint density at radius 1 is 1.14 bits per heavy atom. The second-order valence-corrected chi connectivity index (χ2v) is 8.11. The van der Waals surface area contributed by atoms with Crippen molar-refractivity contribution in [1.82, 2.24) is 15.5 Å². The van der Waals surface area contributed by atoms with E-state index in [0.29, 0.717) is 0 Å². The van der Waals surface area contributed by atoms with Gasteiger partial charge in [0, 0.05) is 30.8 Å². The van der Waals surface area contributed by atoms with Gasteiger partial charge in [0.2, 0.25) is 5.91 Å². The first-order chi connectivity index (χ1) is 10.7. The minimum atomic E-state index is -0.0946. The Morgan fingerprint density at radius 3 is 2.50 bits per heavy atom. The summed E-state index contributed by atoms with van der Waals surface area (Å²) in [6.07, 6.45) is 8.40. The van der Waals surface area contributed by atoms with Gasteiger partial charge in [0.25, 0.3) is 0 Å². The molecule has 1 aliphatic heterocycles. The molecule has 0 aromatic carbocycles. The molecule has 1 aromatic rings. The monoisotopic (exact) mass is 300 g/mol. The largest absolute Gasteiger partial charge is 0.312 e. The van der Waals surface area contributed by atoms with Gasteiger partial charge >= 0.3 is 0 Å². The van der Waals surface area contributed by atoms with Crippen molar-refractivity contribution in [2.75, 3.05) is 11.9 Å². The highest BCUT2D eigenvalue weighted by Crippen LogP contribution is 2.60. The van der Waals surface area contributed by atoms with Crippen LogP contribution in [0.5, 0.6) is 0 Å². The Hall–Kier alpha value is -1.36. The van der Waals surface area contributed by atoms with Gasteiger partial charge in [-0.2, -0.15) is 5.10 Å². The molecule has 1 amide bonds. The van der Waals surface area contributed by atoms with Gasteiger partial charge in [-0.05, 0) is 56.3 Å². The van der Waals surface area contributed by atoms with Crippen LogP contribution >= 0.6 is 0 Å². The molecule has 5 nitrogen and oxygen atoms in total. The minimum Gasteiger partial charge on any atom is -0.312 e. The molecule has 3 N–H and O–H groups in total. The van der Waals surface area contributed by atoms with Crippen LogP contribution in [0.4, 0.5) is 5.82 Å². The highest BCUT2D eigenvalue weighted by molar-refractivity contribution is 5.95. The Balaban J connectivity index is 1.40. The number of hydrogen-bond acceptors (Lipinski definition) is 3. The average molecular weight is 300 g/mol. The summed E-state index contributed by atoms with van der Waals surface area (Å²) in [6, 6.07) is 0. The molecule has 5 heteroatoms. The summed E-state index contributed by atoms with van der Waals surface area (Å²) in [4.78, 5) is 13.1. The van der Waals surface area contributed by atoms with Gasteiger partial charge in [-0.1, -0.05) is 0 Å². The van der Waals surface area contributed by atoms with Crippen LogP contribution in [-0.4, -0.2) is 22.6 Å². The van der Waals surface area contributed by atoms with Crippen molar-refractivity contribution in [1.29, 1.82) is 0 Å². The highest BCUT2D eigenvalue weighted by Gasteiger charge is 2.54. The van der Waals surface area contributed by atoms with Crippen molar-refractivity contribution in [3.8, 4) is 0 Å². The molecule has 2 heterocycles. The smallest absolute Gasteiger partial charge is 0.231 e. The fourth-order valence-corrected chi connectivity index (χ4v) is 5.96. The number of carbonyl (C=O) groups excluding carboxylic acids is 1. The molecule has 22 heavy (non-hydrogen) atoms. The number of H-pyrrole nitrogens is 1. The van der Waals surface area contributed by atoms with Gasteiger partial charge < -0.3 is 10.6 Å². The van der Waals surface area contributed by atoms with Gasteiger partial charge in [0.1, 0.15) is 0 Å². The first-order valence-corrected chi connectivity index (χ1v) is 8.80. The quantitative estimate of drug-likeness (QED) is 0.784. The van der Waals surface area contributed by atoms with Crippen molar-refractivity contribution in [2.24, 2.45) is 23.2 Å². The molecule has 0 spiro atoms. The second kappa shape index (κ2) is 4.57. The number of fused-ring (bicyclic) bond motifs is 1. The number of aromatic nitrogens is 2. The molecule has 0 atom stereocenters. The zero-order chi connectivity index (χ0) is 14.7. The molecule has 6 rings (SSSR count). The summed E-state index contributed by atoms with van der Waals surface area (Å²) in [5.74, 6) is 3.40. The number of hydrogen-bond donors (Lipinski definition) is 3. The highest BCUT2D eigenvalue weighted by atomic mass is 16.2. The minimum absolute atomic E-state index is 0.0946. The van der Waals surface area contributed by atoms with E-state index in [1.807, 2.05) is 0 Å². The Morgan fingerprint density at radius 2 is 1.82 bits per heavy atom. The van der Waals surface area contributed by atoms with Crippen molar-refractivity contribution >= 4 is 11.7 Å². The van der Waals surface area contributed by atoms with E-state index in [2.05, 4.69) is 20.8 Å². The number of nitrogens with zero attached hydrogens (tertiary/aromatic N) is 1. The molecular formula is C17H24N4O. The summed E-state index contributed by atoms with van der Waals surface area (Å²) < 4.78 is 0. The van der Waals surface area contributed by atoms with Crippen LogP contribution < -0.4 is 10.6 Å². The summed E-state index contributed by atoms with van der Waals surface area (Å²) in [5, 5.41) is 14.0. The standard InChI is InChI=1S/C17H24N4O/c22-16(19-15-13-9-18-2-1-14(13)20-21-15)17-6-10-3-11(7-17)5-12(4-10)8-17/h10-12,18H,1-9H2,(H2,19,20,21,22). The fourth-order valence-electron chi connectivity index (χ4n) is 5.96. The fraction of sp³-hybridized carbons (Fsp3) is 0.765. The van der Waals surface area contributed by atoms with Crippen LogP contribution in [0.2, 0.25) is 0 Å². The van der Waals surface area contributed by atoms with Crippen molar-refractivity contribution in [2.45, 2.75) is 51.5 Å². The topological polar surface area (TPSA) is 69.8 Å². The maximum Gasteiger partial charge on any atom is 0.231 e. The third-order valence-corrected chi connectivity index (χ3v) is 6.56. The third-order valence-electron chi connectivity index (χ3n) is 6.56. The molecule has 4 aliphatic carbocycles. The lowest BCUT2D eigenvalue weighted by molar-refractivity contribution is -0.140. The maximum absolute atomic E-state index is 13.1. The van der Waals surface area contributed by atoms with Gasteiger partial charge in [-0.15, -0.1) is 0 Å². The molecule has 4 fully saturated rings. The lowest BCUT2D eigenvalue weighted by atomic mass is 9.49. The number of aromatic amines is 1. The molecule has 4 bridgehead atoms. The average Bonchev–Trinajstić information content (AvgIpc) is 2.89. The van der Waals surface area contributed by atoms with E-state index in [1.54, 1.807) is 0 Å². The Labute approximate surface area is 130 Å². The van der Waals surface area contributed by atoms with Crippen LogP contribution in [0.3, 0.4) is 0 Å². The van der Waals surface area contributed by atoms with Crippen LogP contribution in [-0.2, 0) is 17.8 Å². The van der Waals surface area contributed by atoms with Crippen molar-refractivity contribution in [3.05, 3.63) is 11.3 Å². The van der Waals surface area contributed by atoms with Crippen LogP contribution in [0.25, 0.3) is 0 Å². The van der Waals surface area contributed by atoms with Gasteiger partial charge in [0.15, 0.2) is 5.82 Å². The molecule has 0 radical (unpaired) electrons. The number of nitrogens with one attached hydrogen (secondary N) is 3. The molecule has 118 valence electrons. The third kappa shape index (κ3) is 1.87. The van der Waals surface area contributed by atoms with E-state index in [1.165, 1.54) is 25.0 Å². The summed E-state index contributed by atoms with van der Waals surface area (Å²) in [6.45, 7) is 1.79. The van der Waals surface area contributed by atoms with Gasteiger partial charge in [-0.3, -0.25) is 9.89 Å². The number of carbonyl (C=O) groups is 1. The lowest BCUT2D eigenvalue weighted by Gasteiger charge is -2.55. The molecular weight excluding hydrogens is 276 g/mol. The van der Waals surface area contributed by atoms with Crippen LogP contribution in [0, 0.1) is 23.2 Å². The molecule has 0 saturated heterocycles. The van der Waals surface area contributed by atoms with E-state index in [4.69, 9.17) is 0 Å². The van der Waals surface area contributed by atoms with Gasteiger partial charge in [-0.25, -0.2) is 0 Å². The van der Waals surface area contributed by atoms with Crippen molar-refractivity contribution in [3.63, 3.8) is 0 Å². The molecule has 0 unspecified atom stereocenters. The molecule has 4 saturated carbocycles. The van der Waals surface area contributed by atoms with E-state index in [0.717, 1.165) is 67.9 Å². The maximum atomic E-state index is 13.1. The summed E-state index contributed by atoms with van der Waals surface area (Å²) >= 11 is 0. The number of rotatable bonds is 2. The molecule has 1 aromatic heterocycles.